The first-order valence-corrected chi connectivity index (χ1v) is 5.78. The average molecular weight is 261 g/mol. The first-order chi connectivity index (χ1) is 8.31. The zero-order valence-electron chi connectivity index (χ0n) is 10.6. The molecule has 0 aromatic heterocycles. The van der Waals surface area contributed by atoms with Gasteiger partial charge in [0.25, 0.3) is 0 Å². The van der Waals surface area contributed by atoms with Crippen molar-refractivity contribution in [3.63, 3.8) is 0 Å². The molecule has 0 spiro atoms. The number of nitrogens with zero attached hydrogens (tertiary/aromatic N) is 1. The van der Waals surface area contributed by atoms with Crippen molar-refractivity contribution in [2.75, 3.05) is 19.7 Å². The van der Waals surface area contributed by atoms with Gasteiger partial charge in [0.15, 0.2) is 0 Å². The van der Waals surface area contributed by atoms with E-state index in [1.165, 1.54) is 4.90 Å². The van der Waals surface area contributed by atoms with Crippen LogP contribution >= 0.6 is 0 Å². The number of hydrogen-bond donors (Lipinski definition) is 1. The summed E-state index contributed by atoms with van der Waals surface area (Å²) in [5.74, 6) is 0. The smallest absolute Gasteiger partial charge is 0.395 e. The summed E-state index contributed by atoms with van der Waals surface area (Å²) in [6.45, 7) is 2.73. The van der Waals surface area contributed by atoms with Gasteiger partial charge < -0.3 is 5.11 Å². The molecule has 102 valence electrons. The van der Waals surface area contributed by atoms with Crippen LogP contribution in [0.4, 0.5) is 13.2 Å². The van der Waals surface area contributed by atoms with Gasteiger partial charge in [-0.2, -0.15) is 13.2 Å². The Morgan fingerprint density at radius 3 is 2.44 bits per heavy atom. The maximum Gasteiger partial charge on any atom is 0.401 e. The summed E-state index contributed by atoms with van der Waals surface area (Å²) in [5, 5.41) is 8.83. The lowest BCUT2D eigenvalue weighted by Crippen LogP contribution is -2.35. The Labute approximate surface area is 105 Å². The largest absolute Gasteiger partial charge is 0.401 e. The Hall–Kier alpha value is -1.07. The number of rotatable bonds is 5. The number of aliphatic hydroxyl groups is 1. The average Bonchev–Trinajstić information content (AvgIpc) is 2.21. The highest BCUT2D eigenvalue weighted by Gasteiger charge is 2.30. The van der Waals surface area contributed by atoms with Crippen LogP contribution in [0.15, 0.2) is 18.2 Å². The first kappa shape index (κ1) is 15.0. The molecule has 0 heterocycles. The van der Waals surface area contributed by atoms with Gasteiger partial charge in [0.2, 0.25) is 0 Å². The highest BCUT2D eigenvalue weighted by atomic mass is 19.4. The number of alkyl halides is 3. The van der Waals surface area contributed by atoms with E-state index in [0.29, 0.717) is 0 Å². The predicted molar refractivity (Wildman–Crippen MR) is 64.3 cm³/mol. The Bertz CT molecular complexity index is 390. The third-order valence-corrected chi connectivity index (χ3v) is 2.72. The molecule has 1 aromatic rings. The highest BCUT2D eigenvalue weighted by Crippen LogP contribution is 2.19. The molecule has 1 rings (SSSR count). The monoisotopic (exact) mass is 261 g/mol. The minimum absolute atomic E-state index is 0.0207. The van der Waals surface area contributed by atoms with Crippen molar-refractivity contribution in [3.8, 4) is 0 Å². The molecule has 5 heteroatoms. The lowest BCUT2D eigenvalue weighted by molar-refractivity contribution is -0.148. The van der Waals surface area contributed by atoms with E-state index in [9.17, 15) is 13.2 Å². The summed E-state index contributed by atoms with van der Waals surface area (Å²) in [7, 11) is 0. The van der Waals surface area contributed by atoms with Crippen LogP contribution in [-0.4, -0.2) is 35.9 Å². The standard InChI is InChI=1S/C13H18F3NO/c1-10-3-4-11(2)12(7-10)8-17(5-6-18)9-13(14,15)16/h3-4,7,18H,5-6,8-9H2,1-2H3. The SMILES string of the molecule is Cc1ccc(C)c(CN(CCO)CC(F)(F)F)c1. The molecule has 0 aliphatic heterocycles. The lowest BCUT2D eigenvalue weighted by Gasteiger charge is -2.23. The van der Waals surface area contributed by atoms with Gasteiger partial charge >= 0.3 is 6.18 Å². The number of aliphatic hydroxyl groups excluding tert-OH is 1. The van der Waals surface area contributed by atoms with E-state index in [-0.39, 0.29) is 19.7 Å². The summed E-state index contributed by atoms with van der Waals surface area (Å²) >= 11 is 0. The molecule has 0 unspecified atom stereocenters. The molecular formula is C13H18F3NO. The topological polar surface area (TPSA) is 23.5 Å². The molecule has 0 amide bonds. The second-order valence-corrected chi connectivity index (χ2v) is 4.48. The van der Waals surface area contributed by atoms with Crippen molar-refractivity contribution in [2.24, 2.45) is 0 Å². The van der Waals surface area contributed by atoms with Crippen molar-refractivity contribution >= 4 is 0 Å². The maximum atomic E-state index is 12.4. The Balaban J connectivity index is 2.79. The maximum absolute atomic E-state index is 12.4. The van der Waals surface area contributed by atoms with Crippen molar-refractivity contribution < 1.29 is 18.3 Å². The fourth-order valence-corrected chi connectivity index (χ4v) is 1.82. The van der Waals surface area contributed by atoms with Gasteiger partial charge in [0.1, 0.15) is 0 Å². The van der Waals surface area contributed by atoms with Crippen molar-refractivity contribution in [1.82, 2.24) is 4.90 Å². The zero-order chi connectivity index (χ0) is 13.8. The molecule has 0 aliphatic carbocycles. The Morgan fingerprint density at radius 2 is 1.89 bits per heavy atom. The van der Waals surface area contributed by atoms with Gasteiger partial charge in [-0.15, -0.1) is 0 Å². The molecule has 0 aliphatic rings. The van der Waals surface area contributed by atoms with E-state index in [2.05, 4.69) is 0 Å². The van der Waals surface area contributed by atoms with Crippen LogP contribution < -0.4 is 0 Å². The van der Waals surface area contributed by atoms with Gasteiger partial charge in [-0.05, 0) is 25.0 Å². The fourth-order valence-electron chi connectivity index (χ4n) is 1.82. The number of halogens is 3. The predicted octanol–water partition coefficient (Wildman–Crippen LogP) is 2.66. The number of benzene rings is 1. The van der Waals surface area contributed by atoms with Crippen molar-refractivity contribution in [1.29, 1.82) is 0 Å². The summed E-state index contributed by atoms with van der Waals surface area (Å²) in [4.78, 5) is 1.21. The first-order valence-electron chi connectivity index (χ1n) is 5.78. The summed E-state index contributed by atoms with van der Waals surface area (Å²) in [5.41, 5.74) is 2.85. The van der Waals surface area contributed by atoms with Gasteiger partial charge in [-0.3, -0.25) is 4.90 Å². The Morgan fingerprint density at radius 1 is 1.22 bits per heavy atom. The van der Waals surface area contributed by atoms with E-state index >= 15 is 0 Å². The third-order valence-electron chi connectivity index (χ3n) is 2.72. The van der Waals surface area contributed by atoms with Crippen LogP contribution in [0.25, 0.3) is 0 Å². The normalized spacial score (nSPS) is 12.2. The molecule has 1 N–H and O–H groups in total. The molecule has 0 saturated carbocycles. The van der Waals surface area contributed by atoms with E-state index in [1.54, 1.807) is 0 Å². The van der Waals surface area contributed by atoms with Gasteiger partial charge in [-0.25, -0.2) is 0 Å². The zero-order valence-corrected chi connectivity index (χ0v) is 10.6. The second-order valence-electron chi connectivity index (χ2n) is 4.48. The summed E-state index contributed by atoms with van der Waals surface area (Å²) < 4.78 is 37.2. The van der Waals surface area contributed by atoms with Crippen molar-refractivity contribution in [3.05, 3.63) is 34.9 Å². The quantitative estimate of drug-likeness (QED) is 0.880. The minimum Gasteiger partial charge on any atom is -0.395 e. The van der Waals surface area contributed by atoms with E-state index in [0.717, 1.165) is 16.7 Å². The van der Waals surface area contributed by atoms with Crippen LogP contribution in [0.3, 0.4) is 0 Å². The molecule has 0 atom stereocenters. The minimum atomic E-state index is -4.24. The second kappa shape index (κ2) is 6.20. The summed E-state index contributed by atoms with van der Waals surface area (Å²) in [6.07, 6.45) is -4.24. The van der Waals surface area contributed by atoms with Crippen molar-refractivity contribution in [2.45, 2.75) is 26.6 Å². The molecular weight excluding hydrogens is 243 g/mol. The van der Waals surface area contributed by atoms with Crippen LogP contribution in [0.5, 0.6) is 0 Å². The van der Waals surface area contributed by atoms with Gasteiger partial charge in [0, 0.05) is 13.1 Å². The van der Waals surface area contributed by atoms with E-state index < -0.39 is 12.7 Å². The molecule has 18 heavy (non-hydrogen) atoms. The lowest BCUT2D eigenvalue weighted by atomic mass is 10.1. The third kappa shape index (κ3) is 5.06. The van der Waals surface area contributed by atoms with Crippen LogP contribution in [0.2, 0.25) is 0 Å². The van der Waals surface area contributed by atoms with E-state index in [4.69, 9.17) is 5.11 Å². The number of hydrogen-bond acceptors (Lipinski definition) is 2. The van der Waals surface area contributed by atoms with Gasteiger partial charge in [-0.1, -0.05) is 23.8 Å². The molecule has 0 bridgehead atoms. The Kier molecular flexibility index (Phi) is 5.16. The van der Waals surface area contributed by atoms with Crippen LogP contribution in [0, 0.1) is 13.8 Å². The molecule has 1 aromatic carbocycles. The van der Waals surface area contributed by atoms with Crippen LogP contribution in [-0.2, 0) is 6.54 Å². The molecule has 0 radical (unpaired) electrons. The molecule has 2 nitrogen and oxygen atoms in total. The molecule has 0 saturated heterocycles. The fraction of sp³-hybridized carbons (Fsp3) is 0.538. The summed E-state index contributed by atoms with van der Waals surface area (Å²) in [6, 6.07) is 5.71. The van der Waals surface area contributed by atoms with Gasteiger partial charge in [0.05, 0.1) is 13.2 Å². The van der Waals surface area contributed by atoms with E-state index in [1.807, 2.05) is 32.0 Å². The highest BCUT2D eigenvalue weighted by molar-refractivity contribution is 5.30. The molecule has 0 fully saturated rings. The number of aryl methyl sites for hydroxylation is 2. The van der Waals surface area contributed by atoms with Crippen LogP contribution in [0.1, 0.15) is 16.7 Å².